The predicted octanol–water partition coefficient (Wildman–Crippen LogP) is 6.36. The molecule has 2 fully saturated rings. The largest absolute Gasteiger partial charge is 0.247 e. The summed E-state index contributed by atoms with van der Waals surface area (Å²) in [4.78, 5) is 0. The van der Waals surface area contributed by atoms with E-state index >= 15 is 0 Å². The van der Waals surface area contributed by atoms with Crippen molar-refractivity contribution in [2.24, 2.45) is 23.7 Å². The molecule has 2 saturated carbocycles. The molecule has 21 heavy (non-hydrogen) atoms. The number of halogens is 2. The van der Waals surface area contributed by atoms with E-state index in [0.717, 1.165) is 36.7 Å². The van der Waals surface area contributed by atoms with Crippen molar-refractivity contribution in [3.05, 3.63) is 11.4 Å². The molecule has 3 aliphatic rings. The molecule has 2 heteroatoms. The first kappa shape index (κ1) is 15.5. The van der Waals surface area contributed by atoms with Gasteiger partial charge in [-0.1, -0.05) is 19.8 Å². The van der Waals surface area contributed by atoms with Crippen molar-refractivity contribution < 1.29 is 8.78 Å². The third-order valence-corrected chi connectivity index (χ3v) is 6.45. The Morgan fingerprint density at radius 3 is 2.10 bits per heavy atom. The van der Waals surface area contributed by atoms with Crippen LogP contribution in [0.3, 0.4) is 0 Å². The highest BCUT2D eigenvalue weighted by atomic mass is 19.1. The molecule has 0 aromatic heterocycles. The molecular formula is C19H30F2. The van der Waals surface area contributed by atoms with Gasteiger partial charge in [-0.15, -0.1) is 0 Å². The molecule has 0 amide bonds. The summed E-state index contributed by atoms with van der Waals surface area (Å²) in [6, 6.07) is 0. The Morgan fingerprint density at radius 2 is 1.48 bits per heavy atom. The van der Waals surface area contributed by atoms with Gasteiger partial charge in [0.15, 0.2) is 0 Å². The summed E-state index contributed by atoms with van der Waals surface area (Å²) >= 11 is 0. The van der Waals surface area contributed by atoms with Crippen molar-refractivity contribution in [2.75, 3.05) is 0 Å². The average molecular weight is 296 g/mol. The van der Waals surface area contributed by atoms with E-state index in [0.29, 0.717) is 31.1 Å². The first-order valence-electron chi connectivity index (χ1n) is 9.15. The van der Waals surface area contributed by atoms with Crippen molar-refractivity contribution in [3.8, 4) is 0 Å². The molecule has 0 saturated heterocycles. The first-order chi connectivity index (χ1) is 10.1. The van der Waals surface area contributed by atoms with Gasteiger partial charge >= 0.3 is 0 Å². The molecule has 0 aromatic carbocycles. The van der Waals surface area contributed by atoms with Gasteiger partial charge in [-0.25, -0.2) is 8.78 Å². The van der Waals surface area contributed by atoms with E-state index < -0.39 is 6.17 Å². The van der Waals surface area contributed by atoms with Crippen LogP contribution >= 0.6 is 0 Å². The zero-order valence-corrected chi connectivity index (χ0v) is 13.4. The second-order valence-corrected chi connectivity index (χ2v) is 7.90. The Morgan fingerprint density at radius 1 is 0.810 bits per heavy atom. The van der Waals surface area contributed by atoms with Crippen LogP contribution in [0.2, 0.25) is 0 Å². The molecule has 0 spiro atoms. The van der Waals surface area contributed by atoms with E-state index in [4.69, 9.17) is 0 Å². The highest BCUT2D eigenvalue weighted by Crippen LogP contribution is 2.45. The van der Waals surface area contributed by atoms with Crippen molar-refractivity contribution >= 4 is 0 Å². The van der Waals surface area contributed by atoms with Gasteiger partial charge in [0.1, 0.15) is 6.17 Å². The van der Waals surface area contributed by atoms with Crippen LogP contribution in [0.15, 0.2) is 11.4 Å². The van der Waals surface area contributed by atoms with Crippen LogP contribution in [0.1, 0.15) is 77.6 Å². The summed E-state index contributed by atoms with van der Waals surface area (Å²) in [5, 5.41) is 0. The minimum absolute atomic E-state index is 0.187. The maximum atomic E-state index is 14.6. The Balaban J connectivity index is 1.58. The van der Waals surface area contributed by atoms with Crippen molar-refractivity contribution in [1.82, 2.24) is 0 Å². The molecule has 0 N–H and O–H groups in total. The lowest BCUT2D eigenvalue weighted by Gasteiger charge is -2.37. The molecule has 1 unspecified atom stereocenters. The highest BCUT2D eigenvalue weighted by molar-refractivity contribution is 5.17. The lowest BCUT2D eigenvalue weighted by atomic mass is 9.69. The van der Waals surface area contributed by atoms with Crippen LogP contribution in [-0.2, 0) is 0 Å². The quantitative estimate of drug-likeness (QED) is 0.556. The lowest BCUT2D eigenvalue weighted by Crippen LogP contribution is -2.25. The molecule has 0 aromatic rings. The SMILES string of the molecule is CC1CCC(C2CCC(C3CCC(F)CC3)=C(F)C2)CC1. The van der Waals surface area contributed by atoms with Gasteiger partial charge in [-0.05, 0) is 80.6 Å². The van der Waals surface area contributed by atoms with Crippen molar-refractivity contribution in [1.29, 1.82) is 0 Å². The standard InChI is InChI=1S/C19H30F2/c1-13-2-4-14(5-3-13)16-8-11-18(19(21)12-16)15-6-9-17(20)10-7-15/h13-17H,2-12H2,1H3. The fourth-order valence-electron chi connectivity index (χ4n) is 4.93. The van der Waals surface area contributed by atoms with Gasteiger partial charge in [0.25, 0.3) is 0 Å². The van der Waals surface area contributed by atoms with Crippen molar-refractivity contribution in [3.63, 3.8) is 0 Å². The summed E-state index contributed by atoms with van der Waals surface area (Å²) in [7, 11) is 0. The Kier molecular flexibility index (Phi) is 5.01. The zero-order chi connectivity index (χ0) is 14.8. The second kappa shape index (κ2) is 6.79. The molecule has 0 bridgehead atoms. The van der Waals surface area contributed by atoms with Crippen LogP contribution in [0.5, 0.6) is 0 Å². The number of hydrogen-bond acceptors (Lipinski definition) is 0. The van der Waals surface area contributed by atoms with Gasteiger partial charge in [0.2, 0.25) is 0 Å². The van der Waals surface area contributed by atoms with E-state index in [9.17, 15) is 8.78 Å². The molecule has 1 atom stereocenters. The Hall–Kier alpha value is -0.400. The van der Waals surface area contributed by atoms with E-state index in [-0.39, 0.29) is 5.83 Å². The highest BCUT2D eigenvalue weighted by Gasteiger charge is 2.33. The number of allylic oxidation sites excluding steroid dienone is 2. The monoisotopic (exact) mass is 296 g/mol. The van der Waals surface area contributed by atoms with Crippen LogP contribution in [0.4, 0.5) is 8.78 Å². The molecule has 0 nitrogen and oxygen atoms in total. The van der Waals surface area contributed by atoms with Crippen molar-refractivity contribution in [2.45, 2.75) is 83.7 Å². The average Bonchev–Trinajstić information content (AvgIpc) is 2.49. The maximum absolute atomic E-state index is 14.6. The number of alkyl halides is 1. The van der Waals surface area contributed by atoms with E-state index in [2.05, 4.69) is 6.92 Å². The van der Waals surface area contributed by atoms with Crippen LogP contribution in [0, 0.1) is 23.7 Å². The number of rotatable bonds is 2. The lowest BCUT2D eigenvalue weighted by molar-refractivity contribution is 0.177. The molecule has 3 rings (SSSR count). The minimum atomic E-state index is -0.634. The van der Waals surface area contributed by atoms with Crippen LogP contribution < -0.4 is 0 Å². The fraction of sp³-hybridized carbons (Fsp3) is 0.895. The molecule has 3 aliphatic carbocycles. The second-order valence-electron chi connectivity index (χ2n) is 7.90. The zero-order valence-electron chi connectivity index (χ0n) is 13.4. The predicted molar refractivity (Wildman–Crippen MR) is 83.5 cm³/mol. The number of hydrogen-bond donors (Lipinski definition) is 0. The summed E-state index contributed by atoms with van der Waals surface area (Å²) in [6.07, 6.45) is 10.5. The van der Waals surface area contributed by atoms with Gasteiger partial charge in [0, 0.05) is 6.42 Å². The van der Waals surface area contributed by atoms with Gasteiger partial charge in [-0.2, -0.15) is 0 Å². The Labute approximate surface area is 128 Å². The third kappa shape index (κ3) is 3.68. The summed E-state index contributed by atoms with van der Waals surface area (Å²) in [5.41, 5.74) is 1.07. The molecule has 0 aliphatic heterocycles. The van der Waals surface area contributed by atoms with E-state index in [1.807, 2.05) is 0 Å². The van der Waals surface area contributed by atoms with Crippen LogP contribution in [-0.4, -0.2) is 6.17 Å². The molecule has 120 valence electrons. The Bertz CT molecular complexity index is 371. The topological polar surface area (TPSA) is 0 Å². The van der Waals surface area contributed by atoms with Gasteiger partial charge < -0.3 is 0 Å². The van der Waals surface area contributed by atoms with Crippen LogP contribution in [0.25, 0.3) is 0 Å². The normalized spacial score (nSPS) is 42.1. The first-order valence-corrected chi connectivity index (χ1v) is 9.15. The summed E-state index contributed by atoms with van der Waals surface area (Å²) in [6.45, 7) is 2.34. The van der Waals surface area contributed by atoms with Gasteiger partial charge in [-0.3, -0.25) is 0 Å². The molecular weight excluding hydrogens is 266 g/mol. The maximum Gasteiger partial charge on any atom is 0.100 e. The molecule has 0 heterocycles. The third-order valence-electron chi connectivity index (χ3n) is 6.45. The van der Waals surface area contributed by atoms with E-state index in [1.165, 1.54) is 32.1 Å². The van der Waals surface area contributed by atoms with E-state index in [1.54, 1.807) is 0 Å². The smallest absolute Gasteiger partial charge is 0.100 e. The summed E-state index contributed by atoms with van der Waals surface area (Å²) in [5.74, 6) is 2.75. The minimum Gasteiger partial charge on any atom is -0.247 e. The van der Waals surface area contributed by atoms with Gasteiger partial charge in [0.05, 0.1) is 5.83 Å². The fourth-order valence-corrected chi connectivity index (χ4v) is 4.93. The molecule has 0 radical (unpaired) electrons. The summed E-state index contributed by atoms with van der Waals surface area (Å²) < 4.78 is 27.8.